The first kappa shape index (κ1) is 25.5. The average molecular weight is 506 g/mol. The summed E-state index contributed by atoms with van der Waals surface area (Å²) in [6.45, 7) is 9.24. The molecule has 2 aromatic carbocycles. The molecule has 0 aromatic heterocycles. The maximum atomic E-state index is 6.51. The zero-order valence-electron chi connectivity index (χ0n) is 21.5. The fraction of sp³-hybridized carbons (Fsp3) is 0.323. The van der Waals surface area contributed by atoms with E-state index in [0.29, 0.717) is 0 Å². The minimum absolute atomic E-state index is 0. The number of nitrogens with zero attached hydrogens (tertiary/aromatic N) is 2. The second-order valence-corrected chi connectivity index (χ2v) is 11.0. The molecule has 0 N–H and O–H groups in total. The summed E-state index contributed by atoms with van der Waals surface area (Å²) in [6.07, 6.45) is 9.01. The lowest BCUT2D eigenvalue weighted by molar-refractivity contribution is -0.402. The Labute approximate surface area is 221 Å². The van der Waals surface area contributed by atoms with Gasteiger partial charge in [-0.1, -0.05) is 74.0 Å². The molecule has 2 heterocycles. The van der Waals surface area contributed by atoms with Gasteiger partial charge in [0.1, 0.15) is 7.05 Å². The van der Waals surface area contributed by atoms with E-state index in [4.69, 9.17) is 11.6 Å². The van der Waals surface area contributed by atoms with E-state index in [9.17, 15) is 0 Å². The number of likely N-dealkylation sites (N-methyl/N-ethyl adjacent to an activating group) is 1. The summed E-state index contributed by atoms with van der Waals surface area (Å²) in [4.78, 5) is 2.33. The lowest BCUT2D eigenvalue weighted by Crippen LogP contribution is -3.00. The Balaban J connectivity index is 0.00000289. The van der Waals surface area contributed by atoms with Crippen LogP contribution in [0, 0.1) is 0 Å². The smallest absolute Gasteiger partial charge is 0.209 e. The van der Waals surface area contributed by atoms with Crippen molar-refractivity contribution in [3.8, 4) is 0 Å². The molecule has 0 spiro atoms. The average Bonchev–Trinajstić information content (AvgIpc) is 3.42. The number of benzene rings is 2. The van der Waals surface area contributed by atoms with Crippen LogP contribution in [0.4, 0.5) is 11.4 Å². The lowest BCUT2D eigenvalue weighted by atomic mass is 9.77. The van der Waals surface area contributed by atoms with Crippen molar-refractivity contribution in [1.82, 2.24) is 0 Å². The van der Waals surface area contributed by atoms with Crippen molar-refractivity contribution in [2.45, 2.75) is 51.4 Å². The van der Waals surface area contributed by atoms with Crippen LogP contribution < -0.4 is 17.3 Å². The van der Waals surface area contributed by atoms with Crippen LogP contribution in [0.5, 0.6) is 0 Å². The first-order valence-corrected chi connectivity index (χ1v) is 12.6. The van der Waals surface area contributed by atoms with E-state index in [1.165, 1.54) is 45.1 Å². The summed E-state index contributed by atoms with van der Waals surface area (Å²) in [7, 11) is 4.34. The zero-order valence-corrected chi connectivity index (χ0v) is 23.0. The molecule has 2 aliphatic heterocycles. The van der Waals surface area contributed by atoms with E-state index in [1.807, 2.05) is 0 Å². The maximum absolute atomic E-state index is 6.51. The molecular weight excluding hydrogens is 471 g/mol. The predicted octanol–water partition coefficient (Wildman–Crippen LogP) is 4.78. The first-order valence-electron chi connectivity index (χ1n) is 12.1. The maximum Gasteiger partial charge on any atom is 0.209 e. The number of hydrogen-bond acceptors (Lipinski definition) is 1. The highest BCUT2D eigenvalue weighted by Gasteiger charge is 2.46. The summed E-state index contributed by atoms with van der Waals surface area (Å²) < 4.78 is 2.32. The van der Waals surface area contributed by atoms with Crippen molar-refractivity contribution in [2.24, 2.45) is 0 Å². The molecule has 0 saturated heterocycles. The number of anilines is 1. The van der Waals surface area contributed by atoms with E-state index < -0.39 is 0 Å². The molecule has 35 heavy (non-hydrogen) atoms. The largest absolute Gasteiger partial charge is 1.00 e. The molecule has 182 valence electrons. The molecule has 0 radical (unpaired) electrons. The molecule has 0 fully saturated rings. The van der Waals surface area contributed by atoms with Crippen molar-refractivity contribution in [3.63, 3.8) is 0 Å². The summed E-state index contributed by atoms with van der Waals surface area (Å²) in [5.74, 6) is 0. The minimum Gasteiger partial charge on any atom is -1.00 e. The van der Waals surface area contributed by atoms with Crippen LogP contribution in [-0.4, -0.2) is 24.4 Å². The van der Waals surface area contributed by atoms with Gasteiger partial charge in [-0.05, 0) is 55.5 Å². The third-order valence-corrected chi connectivity index (χ3v) is 8.23. The van der Waals surface area contributed by atoms with Gasteiger partial charge in [-0.2, -0.15) is 4.58 Å². The third kappa shape index (κ3) is 3.92. The molecule has 5 rings (SSSR count). The second-order valence-electron chi connectivity index (χ2n) is 10.7. The van der Waals surface area contributed by atoms with Crippen molar-refractivity contribution < 1.29 is 17.0 Å². The molecule has 0 amide bonds. The van der Waals surface area contributed by atoms with Gasteiger partial charge in [0.25, 0.3) is 0 Å². The van der Waals surface area contributed by atoms with Gasteiger partial charge >= 0.3 is 0 Å². The Morgan fingerprint density at radius 1 is 0.914 bits per heavy atom. The fourth-order valence-electron chi connectivity index (χ4n) is 6.23. The van der Waals surface area contributed by atoms with E-state index in [2.05, 4.69) is 118 Å². The van der Waals surface area contributed by atoms with E-state index in [-0.39, 0.29) is 23.2 Å². The molecule has 0 unspecified atom stereocenters. The van der Waals surface area contributed by atoms with Crippen LogP contribution in [0.25, 0.3) is 0 Å². The number of fused-ring (bicyclic) bond motifs is 2. The highest BCUT2D eigenvalue weighted by atomic mass is 35.5. The normalized spacial score (nSPS) is 22.4. The van der Waals surface area contributed by atoms with E-state index >= 15 is 0 Å². The number of halogens is 2. The van der Waals surface area contributed by atoms with Gasteiger partial charge in [0.05, 0.1) is 11.0 Å². The van der Waals surface area contributed by atoms with Crippen molar-refractivity contribution in [2.75, 3.05) is 19.0 Å². The molecule has 2 aromatic rings. The Morgan fingerprint density at radius 3 is 2.23 bits per heavy atom. The Hall–Kier alpha value is -2.55. The molecule has 1 aliphatic carbocycles. The van der Waals surface area contributed by atoms with Crippen molar-refractivity contribution in [1.29, 1.82) is 0 Å². The molecule has 0 saturated carbocycles. The molecular formula is C31H34Cl2N2. The second kappa shape index (κ2) is 9.15. The van der Waals surface area contributed by atoms with Gasteiger partial charge in [-0.25, -0.2) is 0 Å². The predicted molar refractivity (Wildman–Crippen MR) is 146 cm³/mol. The van der Waals surface area contributed by atoms with Gasteiger partial charge in [-0.3, -0.25) is 0 Å². The van der Waals surface area contributed by atoms with Crippen LogP contribution in [0.2, 0.25) is 0 Å². The highest BCUT2D eigenvalue weighted by Crippen LogP contribution is 2.47. The van der Waals surface area contributed by atoms with Gasteiger partial charge in [0, 0.05) is 41.0 Å². The quantitative estimate of drug-likeness (QED) is 0.545. The minimum atomic E-state index is -0.0935. The third-order valence-electron chi connectivity index (χ3n) is 8.01. The topological polar surface area (TPSA) is 6.25 Å². The highest BCUT2D eigenvalue weighted by molar-refractivity contribution is 6.29. The SMILES string of the molecule is CN1C(=CC=C2C=C(C(=CCl)C3=[N+](C)c4ccccc4C3(C)C)CC2)C(C)(C)c2ccccc21.[Cl-]. The molecule has 2 nitrogen and oxygen atoms in total. The van der Waals surface area contributed by atoms with Gasteiger partial charge in [0.2, 0.25) is 5.69 Å². The Kier molecular flexibility index (Phi) is 6.68. The summed E-state index contributed by atoms with van der Waals surface area (Å²) >= 11 is 6.51. The van der Waals surface area contributed by atoms with Crippen LogP contribution >= 0.6 is 11.6 Å². The zero-order chi connectivity index (χ0) is 24.3. The van der Waals surface area contributed by atoms with Gasteiger partial charge in [-0.15, -0.1) is 0 Å². The van der Waals surface area contributed by atoms with Gasteiger partial charge < -0.3 is 17.3 Å². The van der Waals surface area contributed by atoms with Gasteiger partial charge in [0.15, 0.2) is 5.71 Å². The Bertz CT molecular complexity index is 1340. The van der Waals surface area contributed by atoms with Crippen molar-refractivity contribution in [3.05, 3.63) is 106 Å². The summed E-state index contributed by atoms with van der Waals surface area (Å²) in [6, 6.07) is 17.4. The fourth-order valence-corrected chi connectivity index (χ4v) is 6.48. The van der Waals surface area contributed by atoms with E-state index in [0.717, 1.165) is 18.4 Å². The first-order chi connectivity index (χ1) is 16.2. The standard InChI is InChI=1S/C31H34ClN2.ClH/c1-30(2)24-11-7-9-13-26(24)33(5)28(30)18-16-21-15-17-22(19-21)23(20-32)29-31(3,4)25-12-8-10-14-27(25)34(29)6;/h7-14,16,18-20H,15,17H2,1-6H3;1H/q+1;/p-1. The van der Waals surface area contributed by atoms with Crippen LogP contribution in [0.3, 0.4) is 0 Å². The van der Waals surface area contributed by atoms with Crippen LogP contribution in [-0.2, 0) is 10.8 Å². The summed E-state index contributed by atoms with van der Waals surface area (Å²) in [5.41, 5.74) is 13.5. The van der Waals surface area contributed by atoms with Crippen molar-refractivity contribution >= 4 is 28.7 Å². The number of allylic oxidation sites excluding steroid dienone is 7. The monoisotopic (exact) mass is 504 g/mol. The molecule has 4 heteroatoms. The van der Waals surface area contributed by atoms with Crippen LogP contribution in [0.15, 0.2) is 94.7 Å². The number of rotatable bonds is 3. The number of hydrogen-bond donors (Lipinski definition) is 0. The van der Waals surface area contributed by atoms with Crippen LogP contribution in [0.1, 0.15) is 51.7 Å². The summed E-state index contributed by atoms with van der Waals surface area (Å²) in [5, 5.41) is 0. The van der Waals surface area contributed by atoms with E-state index in [1.54, 1.807) is 5.54 Å². The lowest BCUT2D eigenvalue weighted by Gasteiger charge is -2.23. The molecule has 3 aliphatic rings. The Morgan fingerprint density at radius 2 is 1.57 bits per heavy atom. The molecule has 0 atom stereocenters. The molecule has 0 bridgehead atoms. The number of para-hydroxylation sites is 2.